The Balaban J connectivity index is 1.99. The number of methoxy groups -OCH3 is 1. The molecule has 2 aromatic rings. The smallest absolute Gasteiger partial charge is 0.338 e. The number of hydrogen-bond donors (Lipinski definition) is 1. The number of carbonyl (C=O) groups excluding carboxylic acids is 2. The van der Waals surface area contributed by atoms with Crippen LogP contribution in [-0.2, 0) is 9.47 Å². The number of hydrogen-bond acceptors (Lipinski definition) is 9. The predicted molar refractivity (Wildman–Crippen MR) is 124 cm³/mol. The quantitative estimate of drug-likeness (QED) is 0.331. The number of anilines is 2. The summed E-state index contributed by atoms with van der Waals surface area (Å²) in [5.74, 6) is -0.477. The summed E-state index contributed by atoms with van der Waals surface area (Å²) in [6.45, 7) is 6.97. The molecule has 1 fully saturated rings. The number of nitro groups is 1. The molecule has 182 valence electrons. The number of amides is 1. The van der Waals surface area contributed by atoms with Crippen LogP contribution in [0.5, 0.6) is 11.5 Å². The lowest BCUT2D eigenvalue weighted by atomic mass is 10.1. The van der Waals surface area contributed by atoms with E-state index in [-0.39, 0.29) is 11.1 Å². The summed E-state index contributed by atoms with van der Waals surface area (Å²) in [5, 5.41) is 14.0. The molecule has 1 saturated heterocycles. The molecule has 1 heterocycles. The molecule has 3 rings (SSSR count). The molecule has 1 amide bonds. The minimum absolute atomic E-state index is 0.0766. The summed E-state index contributed by atoms with van der Waals surface area (Å²) in [4.78, 5) is 37.7. The highest BCUT2D eigenvalue weighted by Gasteiger charge is 2.22. The third kappa shape index (κ3) is 5.73. The summed E-state index contributed by atoms with van der Waals surface area (Å²) in [6, 6.07) is 6.84. The van der Waals surface area contributed by atoms with E-state index < -0.39 is 22.5 Å². The molecule has 11 nitrogen and oxygen atoms in total. The standard InChI is InChI=1S/C23H27N3O8/c1-4-33-20-14-19(25-6-8-32-9-7-25)21(34-5-2)13-18(20)24-22(27)15-10-16(23(28)31-3)12-17(11-15)26(29)30/h10-14H,4-9H2,1-3H3,(H,24,27). The molecule has 1 aliphatic rings. The van der Waals surface area contributed by atoms with Crippen molar-refractivity contribution < 1.29 is 33.5 Å². The summed E-state index contributed by atoms with van der Waals surface area (Å²) in [7, 11) is 1.15. The van der Waals surface area contributed by atoms with Crippen molar-refractivity contribution in [3.63, 3.8) is 0 Å². The molecule has 0 unspecified atom stereocenters. The highest BCUT2D eigenvalue weighted by Crippen LogP contribution is 2.39. The van der Waals surface area contributed by atoms with E-state index in [1.165, 1.54) is 6.07 Å². The maximum absolute atomic E-state index is 13.1. The molecule has 1 N–H and O–H groups in total. The highest BCUT2D eigenvalue weighted by molar-refractivity contribution is 6.07. The van der Waals surface area contributed by atoms with Gasteiger partial charge in [-0.1, -0.05) is 0 Å². The normalized spacial score (nSPS) is 13.2. The monoisotopic (exact) mass is 473 g/mol. The molecule has 0 atom stereocenters. The Morgan fingerprint density at radius 3 is 2.29 bits per heavy atom. The van der Waals surface area contributed by atoms with Crippen molar-refractivity contribution in [3.8, 4) is 11.5 Å². The number of rotatable bonds is 9. The van der Waals surface area contributed by atoms with Gasteiger partial charge in [-0.3, -0.25) is 14.9 Å². The van der Waals surface area contributed by atoms with Gasteiger partial charge in [0.05, 0.1) is 55.4 Å². The van der Waals surface area contributed by atoms with Gasteiger partial charge in [0.2, 0.25) is 0 Å². The molecule has 11 heteroatoms. The third-order valence-electron chi connectivity index (χ3n) is 5.07. The number of ether oxygens (including phenoxy) is 4. The van der Waals surface area contributed by atoms with Crippen LogP contribution in [-0.4, -0.2) is 63.4 Å². The second-order valence-corrected chi connectivity index (χ2v) is 7.25. The van der Waals surface area contributed by atoms with E-state index in [2.05, 4.69) is 15.0 Å². The molecule has 0 bridgehead atoms. The fourth-order valence-corrected chi connectivity index (χ4v) is 3.52. The third-order valence-corrected chi connectivity index (χ3v) is 5.07. The molecule has 2 aromatic carbocycles. The van der Waals surface area contributed by atoms with Gasteiger partial charge in [0.15, 0.2) is 0 Å². The van der Waals surface area contributed by atoms with E-state index in [4.69, 9.17) is 14.2 Å². The first kappa shape index (κ1) is 24.8. The second-order valence-electron chi connectivity index (χ2n) is 7.25. The molecule has 0 spiro atoms. The Morgan fingerprint density at radius 2 is 1.68 bits per heavy atom. The van der Waals surface area contributed by atoms with Gasteiger partial charge in [-0.05, 0) is 19.9 Å². The average molecular weight is 473 g/mol. The predicted octanol–water partition coefficient (Wildman–Crippen LogP) is 3.27. The lowest BCUT2D eigenvalue weighted by Crippen LogP contribution is -2.36. The SMILES string of the molecule is CCOc1cc(N2CCOCC2)c(OCC)cc1NC(=O)c1cc(C(=O)OC)cc([N+](=O)[O-])c1. The van der Waals surface area contributed by atoms with Gasteiger partial charge >= 0.3 is 5.97 Å². The number of esters is 1. The van der Waals surface area contributed by atoms with Crippen LogP contribution in [0.3, 0.4) is 0 Å². The Kier molecular flexibility index (Phi) is 8.25. The van der Waals surface area contributed by atoms with Crippen molar-refractivity contribution in [2.45, 2.75) is 13.8 Å². The van der Waals surface area contributed by atoms with Crippen molar-refractivity contribution in [3.05, 3.63) is 51.6 Å². The van der Waals surface area contributed by atoms with Crippen LogP contribution in [0, 0.1) is 10.1 Å². The van der Waals surface area contributed by atoms with Crippen LogP contribution in [0.15, 0.2) is 30.3 Å². The van der Waals surface area contributed by atoms with Gasteiger partial charge in [0, 0.05) is 42.9 Å². The van der Waals surface area contributed by atoms with E-state index in [0.29, 0.717) is 56.7 Å². The number of carbonyl (C=O) groups is 2. The van der Waals surface area contributed by atoms with E-state index >= 15 is 0 Å². The topological polar surface area (TPSA) is 129 Å². The van der Waals surface area contributed by atoms with Crippen LogP contribution >= 0.6 is 0 Å². The zero-order chi connectivity index (χ0) is 24.7. The molecular formula is C23H27N3O8. The van der Waals surface area contributed by atoms with Crippen LogP contribution in [0.2, 0.25) is 0 Å². The van der Waals surface area contributed by atoms with E-state index in [9.17, 15) is 19.7 Å². The number of nitro benzene ring substituents is 1. The van der Waals surface area contributed by atoms with E-state index in [1.807, 2.05) is 13.8 Å². The fraction of sp³-hybridized carbons (Fsp3) is 0.391. The number of benzene rings is 2. The van der Waals surface area contributed by atoms with Gasteiger partial charge in [0.1, 0.15) is 11.5 Å². The minimum Gasteiger partial charge on any atom is -0.492 e. The molecule has 0 saturated carbocycles. The molecule has 34 heavy (non-hydrogen) atoms. The highest BCUT2D eigenvalue weighted by atomic mass is 16.6. The average Bonchev–Trinajstić information content (AvgIpc) is 2.85. The number of non-ortho nitro benzene ring substituents is 1. The zero-order valence-electron chi connectivity index (χ0n) is 19.3. The maximum atomic E-state index is 13.1. The van der Waals surface area contributed by atoms with Crippen molar-refractivity contribution >= 4 is 28.9 Å². The number of nitrogens with one attached hydrogen (secondary N) is 1. The lowest BCUT2D eigenvalue weighted by molar-refractivity contribution is -0.384. The van der Waals surface area contributed by atoms with Crippen molar-refractivity contribution in [2.75, 3.05) is 56.8 Å². The Labute approximate surface area is 196 Å². The van der Waals surface area contributed by atoms with Crippen LogP contribution in [0.1, 0.15) is 34.6 Å². The Hall–Kier alpha value is -3.86. The maximum Gasteiger partial charge on any atom is 0.338 e. The lowest BCUT2D eigenvalue weighted by Gasteiger charge is -2.31. The summed E-state index contributed by atoms with van der Waals surface area (Å²) in [5.41, 5.74) is 0.556. The van der Waals surface area contributed by atoms with Gasteiger partial charge in [0.25, 0.3) is 11.6 Å². The van der Waals surface area contributed by atoms with Gasteiger partial charge in [-0.15, -0.1) is 0 Å². The van der Waals surface area contributed by atoms with Crippen LogP contribution < -0.4 is 19.7 Å². The summed E-state index contributed by atoms with van der Waals surface area (Å²) in [6.07, 6.45) is 0. The largest absolute Gasteiger partial charge is 0.492 e. The van der Waals surface area contributed by atoms with Crippen molar-refractivity contribution in [1.29, 1.82) is 0 Å². The summed E-state index contributed by atoms with van der Waals surface area (Å²) >= 11 is 0. The second kappa shape index (κ2) is 11.3. The van der Waals surface area contributed by atoms with E-state index in [1.54, 1.807) is 12.1 Å². The van der Waals surface area contributed by atoms with Gasteiger partial charge in [-0.2, -0.15) is 0 Å². The first-order valence-electron chi connectivity index (χ1n) is 10.8. The van der Waals surface area contributed by atoms with Gasteiger partial charge in [-0.25, -0.2) is 4.79 Å². The number of morpholine rings is 1. The van der Waals surface area contributed by atoms with Gasteiger partial charge < -0.3 is 29.2 Å². The van der Waals surface area contributed by atoms with Crippen molar-refractivity contribution in [1.82, 2.24) is 0 Å². The molecular weight excluding hydrogens is 446 g/mol. The minimum atomic E-state index is -0.791. The molecule has 0 radical (unpaired) electrons. The molecule has 0 aliphatic carbocycles. The zero-order valence-corrected chi connectivity index (χ0v) is 19.3. The van der Waals surface area contributed by atoms with E-state index in [0.717, 1.165) is 24.9 Å². The number of nitrogens with zero attached hydrogens (tertiary/aromatic N) is 2. The van der Waals surface area contributed by atoms with Crippen LogP contribution in [0.4, 0.5) is 17.1 Å². The Bertz CT molecular complexity index is 1070. The Morgan fingerprint density at radius 1 is 1.03 bits per heavy atom. The molecule has 1 aliphatic heterocycles. The fourth-order valence-electron chi connectivity index (χ4n) is 3.52. The van der Waals surface area contributed by atoms with Crippen molar-refractivity contribution in [2.24, 2.45) is 0 Å². The first-order chi connectivity index (χ1) is 16.4. The van der Waals surface area contributed by atoms with Crippen LogP contribution in [0.25, 0.3) is 0 Å². The first-order valence-corrected chi connectivity index (χ1v) is 10.8. The molecule has 0 aromatic heterocycles. The summed E-state index contributed by atoms with van der Waals surface area (Å²) < 4.78 is 21.7.